The van der Waals surface area contributed by atoms with E-state index in [1.54, 1.807) is 16.9 Å². The molecule has 96 valence electrons. The smallest absolute Gasteiger partial charge is 0.132 e. The van der Waals surface area contributed by atoms with Crippen LogP contribution >= 0.6 is 0 Å². The summed E-state index contributed by atoms with van der Waals surface area (Å²) in [7, 11) is 0. The largest absolute Gasteiger partial charge is 0.508 e. The fourth-order valence-corrected chi connectivity index (χ4v) is 1.81. The molecule has 0 radical (unpaired) electrons. The standard InChI is InChI=1S/C13H16FN3O/c1-3-17-8-10(7-15-17)16-9(2)12-5-4-11(18)6-13(12)14/h4-9,16,18H,3H2,1-2H3. The molecule has 1 aromatic heterocycles. The lowest BCUT2D eigenvalue weighted by molar-refractivity contribution is 0.467. The highest BCUT2D eigenvalue weighted by Crippen LogP contribution is 2.24. The van der Waals surface area contributed by atoms with Crippen molar-refractivity contribution in [3.05, 3.63) is 42.0 Å². The molecule has 1 aromatic carbocycles. The SMILES string of the molecule is CCn1cc(NC(C)c2ccc(O)cc2F)cn1. The fraction of sp³-hybridized carbons (Fsp3) is 0.308. The third-order valence-electron chi connectivity index (χ3n) is 2.79. The summed E-state index contributed by atoms with van der Waals surface area (Å²) in [5.41, 5.74) is 1.36. The second kappa shape index (κ2) is 5.08. The Morgan fingerprint density at radius 3 is 2.89 bits per heavy atom. The van der Waals surface area contributed by atoms with E-state index in [0.29, 0.717) is 5.56 Å². The maximum Gasteiger partial charge on any atom is 0.132 e. The Kier molecular flexibility index (Phi) is 3.50. The number of phenols is 1. The van der Waals surface area contributed by atoms with Crippen LogP contribution in [-0.4, -0.2) is 14.9 Å². The van der Waals surface area contributed by atoms with Gasteiger partial charge in [0.2, 0.25) is 0 Å². The summed E-state index contributed by atoms with van der Waals surface area (Å²) >= 11 is 0. The van der Waals surface area contributed by atoms with Gasteiger partial charge in [0.15, 0.2) is 0 Å². The maximum absolute atomic E-state index is 13.7. The lowest BCUT2D eigenvalue weighted by Gasteiger charge is -2.14. The topological polar surface area (TPSA) is 50.1 Å². The number of hydrogen-bond donors (Lipinski definition) is 2. The minimum absolute atomic E-state index is 0.0674. The molecule has 2 N–H and O–H groups in total. The van der Waals surface area contributed by atoms with Gasteiger partial charge in [0.05, 0.1) is 17.9 Å². The van der Waals surface area contributed by atoms with Gasteiger partial charge in [-0.05, 0) is 19.9 Å². The summed E-state index contributed by atoms with van der Waals surface area (Å²) in [6.45, 7) is 4.65. The number of nitrogens with zero attached hydrogens (tertiary/aromatic N) is 2. The molecule has 0 amide bonds. The van der Waals surface area contributed by atoms with Crippen molar-refractivity contribution in [1.82, 2.24) is 9.78 Å². The highest BCUT2D eigenvalue weighted by atomic mass is 19.1. The summed E-state index contributed by atoms with van der Waals surface area (Å²) < 4.78 is 15.4. The van der Waals surface area contributed by atoms with E-state index in [0.717, 1.165) is 18.3 Å². The second-order valence-electron chi connectivity index (χ2n) is 4.16. The van der Waals surface area contributed by atoms with Gasteiger partial charge in [0.1, 0.15) is 11.6 Å². The summed E-state index contributed by atoms with van der Waals surface area (Å²) in [6.07, 6.45) is 3.58. The van der Waals surface area contributed by atoms with Gasteiger partial charge in [-0.25, -0.2) is 4.39 Å². The van der Waals surface area contributed by atoms with E-state index >= 15 is 0 Å². The van der Waals surface area contributed by atoms with Gasteiger partial charge in [0.25, 0.3) is 0 Å². The quantitative estimate of drug-likeness (QED) is 0.876. The average molecular weight is 249 g/mol. The number of aryl methyl sites for hydroxylation is 1. The first kappa shape index (κ1) is 12.4. The van der Waals surface area contributed by atoms with Crippen molar-refractivity contribution >= 4 is 5.69 Å². The molecule has 0 aliphatic carbocycles. The first-order valence-corrected chi connectivity index (χ1v) is 5.87. The Hall–Kier alpha value is -2.04. The molecule has 0 bridgehead atoms. The molecule has 0 fully saturated rings. The fourth-order valence-electron chi connectivity index (χ4n) is 1.81. The van der Waals surface area contributed by atoms with Gasteiger partial charge >= 0.3 is 0 Å². The lowest BCUT2D eigenvalue weighted by atomic mass is 10.1. The number of phenolic OH excluding ortho intramolecular Hbond substituents is 1. The Bertz CT molecular complexity index is 539. The number of hydrogen-bond acceptors (Lipinski definition) is 3. The van der Waals surface area contributed by atoms with Crippen LogP contribution in [0.15, 0.2) is 30.6 Å². The molecule has 0 spiro atoms. The Morgan fingerprint density at radius 2 is 2.28 bits per heavy atom. The van der Waals surface area contributed by atoms with E-state index in [1.807, 2.05) is 20.0 Å². The second-order valence-corrected chi connectivity index (χ2v) is 4.16. The number of aromatic nitrogens is 2. The lowest BCUT2D eigenvalue weighted by Crippen LogP contribution is -2.08. The highest BCUT2D eigenvalue weighted by Gasteiger charge is 2.12. The Balaban J connectivity index is 2.13. The van der Waals surface area contributed by atoms with Crippen LogP contribution in [0, 0.1) is 5.82 Å². The predicted molar refractivity (Wildman–Crippen MR) is 68.0 cm³/mol. The number of halogens is 1. The Labute approximate surface area is 105 Å². The summed E-state index contributed by atoms with van der Waals surface area (Å²) in [4.78, 5) is 0. The van der Waals surface area contributed by atoms with E-state index in [4.69, 9.17) is 0 Å². The zero-order valence-electron chi connectivity index (χ0n) is 10.4. The van der Waals surface area contributed by atoms with E-state index in [1.165, 1.54) is 6.07 Å². The molecular weight excluding hydrogens is 233 g/mol. The van der Waals surface area contributed by atoms with Crippen LogP contribution in [0.3, 0.4) is 0 Å². The van der Waals surface area contributed by atoms with E-state index in [2.05, 4.69) is 10.4 Å². The number of benzene rings is 1. The maximum atomic E-state index is 13.7. The number of rotatable bonds is 4. The van der Waals surface area contributed by atoms with Gasteiger partial charge in [-0.15, -0.1) is 0 Å². The molecule has 2 rings (SSSR count). The van der Waals surface area contributed by atoms with Crippen LogP contribution in [-0.2, 0) is 6.54 Å². The van der Waals surface area contributed by atoms with E-state index in [9.17, 15) is 9.50 Å². The Morgan fingerprint density at radius 1 is 1.50 bits per heavy atom. The van der Waals surface area contributed by atoms with Gasteiger partial charge in [-0.1, -0.05) is 6.07 Å². The van der Waals surface area contributed by atoms with Crippen molar-refractivity contribution in [2.24, 2.45) is 0 Å². The third kappa shape index (κ3) is 2.61. The van der Waals surface area contributed by atoms with E-state index in [-0.39, 0.29) is 11.8 Å². The zero-order chi connectivity index (χ0) is 13.1. The molecule has 1 heterocycles. The normalized spacial score (nSPS) is 12.4. The molecule has 0 saturated heterocycles. The molecule has 0 aliphatic heterocycles. The number of aromatic hydroxyl groups is 1. The van der Waals surface area contributed by atoms with Gasteiger partial charge < -0.3 is 10.4 Å². The third-order valence-corrected chi connectivity index (χ3v) is 2.79. The van der Waals surface area contributed by atoms with Crippen LogP contribution < -0.4 is 5.32 Å². The predicted octanol–water partition coefficient (Wildman–Crippen LogP) is 2.92. The molecule has 1 unspecified atom stereocenters. The molecule has 4 nitrogen and oxygen atoms in total. The average Bonchev–Trinajstić information content (AvgIpc) is 2.76. The molecule has 2 aromatic rings. The molecule has 0 saturated carbocycles. The molecule has 5 heteroatoms. The molecule has 0 aliphatic rings. The van der Waals surface area contributed by atoms with Crippen molar-refractivity contribution in [3.63, 3.8) is 0 Å². The van der Waals surface area contributed by atoms with E-state index < -0.39 is 5.82 Å². The minimum Gasteiger partial charge on any atom is -0.508 e. The van der Waals surface area contributed by atoms with Gasteiger partial charge in [-0.2, -0.15) is 5.10 Å². The summed E-state index contributed by atoms with van der Waals surface area (Å²) in [5, 5.41) is 16.5. The summed E-state index contributed by atoms with van der Waals surface area (Å²) in [6, 6.07) is 3.97. The zero-order valence-corrected chi connectivity index (χ0v) is 10.4. The van der Waals surface area contributed by atoms with Gasteiger partial charge in [0, 0.05) is 24.4 Å². The van der Waals surface area contributed by atoms with Gasteiger partial charge in [-0.3, -0.25) is 4.68 Å². The first-order chi connectivity index (χ1) is 8.60. The van der Waals surface area contributed by atoms with Crippen molar-refractivity contribution in [2.45, 2.75) is 26.4 Å². The molecular formula is C13H16FN3O. The van der Waals surface area contributed by atoms with Crippen LogP contribution in [0.5, 0.6) is 5.75 Å². The number of nitrogens with one attached hydrogen (secondary N) is 1. The molecule has 18 heavy (non-hydrogen) atoms. The van der Waals surface area contributed by atoms with Crippen LogP contribution in [0.25, 0.3) is 0 Å². The van der Waals surface area contributed by atoms with Crippen molar-refractivity contribution in [1.29, 1.82) is 0 Å². The summed E-state index contributed by atoms with van der Waals surface area (Å²) in [5.74, 6) is -0.486. The van der Waals surface area contributed by atoms with Crippen molar-refractivity contribution in [2.75, 3.05) is 5.32 Å². The minimum atomic E-state index is -0.419. The van der Waals surface area contributed by atoms with Crippen molar-refractivity contribution in [3.8, 4) is 5.75 Å². The highest BCUT2D eigenvalue weighted by molar-refractivity contribution is 5.42. The first-order valence-electron chi connectivity index (χ1n) is 5.87. The monoisotopic (exact) mass is 249 g/mol. The number of anilines is 1. The molecule has 1 atom stereocenters. The van der Waals surface area contributed by atoms with Crippen molar-refractivity contribution < 1.29 is 9.50 Å². The van der Waals surface area contributed by atoms with Crippen LogP contribution in [0.4, 0.5) is 10.1 Å². The van der Waals surface area contributed by atoms with Crippen LogP contribution in [0.2, 0.25) is 0 Å². The van der Waals surface area contributed by atoms with Crippen LogP contribution in [0.1, 0.15) is 25.5 Å².